The van der Waals surface area contributed by atoms with Crippen LogP contribution in [0.25, 0.3) is 10.9 Å². The average molecular weight is 515 g/mol. The Kier molecular flexibility index (Phi) is 9.15. The molecule has 1 aromatic heterocycles. The topological polar surface area (TPSA) is 62.7 Å². The fraction of sp³-hybridized carbons (Fsp3) is 0.429. The van der Waals surface area contributed by atoms with Crippen molar-refractivity contribution in [2.45, 2.75) is 37.0 Å². The van der Waals surface area contributed by atoms with Crippen LogP contribution in [-0.4, -0.2) is 53.5 Å². The predicted octanol–water partition coefficient (Wildman–Crippen LogP) is 6.05. The monoisotopic (exact) mass is 514 g/mol. The van der Waals surface area contributed by atoms with E-state index in [0.717, 1.165) is 60.4 Å². The molecule has 3 aromatic rings. The Morgan fingerprint density at radius 3 is 2.86 bits per heavy atom. The Morgan fingerprint density at radius 2 is 2.08 bits per heavy atom. The van der Waals surface area contributed by atoms with Crippen molar-refractivity contribution in [2.75, 3.05) is 32.5 Å². The highest BCUT2D eigenvalue weighted by Crippen LogP contribution is 2.32. The van der Waals surface area contributed by atoms with Gasteiger partial charge in [0.25, 0.3) is 0 Å². The summed E-state index contributed by atoms with van der Waals surface area (Å²) in [5.41, 5.74) is 1.38. The van der Waals surface area contributed by atoms with E-state index >= 15 is 0 Å². The van der Waals surface area contributed by atoms with E-state index in [2.05, 4.69) is 9.88 Å². The number of nitrogens with zero attached hydrogens (tertiary/aromatic N) is 2. The maximum Gasteiger partial charge on any atom is 0.303 e. The van der Waals surface area contributed by atoms with Gasteiger partial charge < -0.3 is 14.7 Å². The fourth-order valence-electron chi connectivity index (χ4n) is 5.17. The third-order valence-electron chi connectivity index (χ3n) is 7.02. The summed E-state index contributed by atoms with van der Waals surface area (Å²) in [7, 11) is 1.59. The number of carboxylic acids is 1. The molecule has 2 unspecified atom stereocenters. The van der Waals surface area contributed by atoms with Crippen LogP contribution in [0.3, 0.4) is 0 Å². The van der Waals surface area contributed by atoms with Crippen LogP contribution in [0.15, 0.2) is 53.6 Å². The first kappa shape index (κ1) is 26.4. The number of thioether (sulfide) groups is 1. The highest BCUT2D eigenvalue weighted by molar-refractivity contribution is 7.99. The lowest BCUT2D eigenvalue weighted by Crippen LogP contribution is -2.42. The molecular weight excluding hydrogens is 482 g/mol. The van der Waals surface area contributed by atoms with E-state index in [1.807, 2.05) is 24.3 Å². The molecule has 0 radical (unpaired) electrons. The van der Waals surface area contributed by atoms with Crippen molar-refractivity contribution in [3.8, 4) is 5.75 Å². The molecule has 0 amide bonds. The molecule has 1 N–H and O–H groups in total. The number of fused-ring (bicyclic) bond motifs is 1. The summed E-state index contributed by atoms with van der Waals surface area (Å²) in [6.45, 7) is 2.48. The lowest BCUT2D eigenvalue weighted by atomic mass is 9.80. The number of halogens is 2. The van der Waals surface area contributed by atoms with Gasteiger partial charge in [-0.25, -0.2) is 8.78 Å². The van der Waals surface area contributed by atoms with Gasteiger partial charge in [0.2, 0.25) is 0 Å². The highest BCUT2D eigenvalue weighted by atomic mass is 32.2. The third kappa shape index (κ3) is 6.95. The van der Waals surface area contributed by atoms with E-state index in [4.69, 9.17) is 4.74 Å². The molecule has 1 aliphatic rings. The number of aryl methyl sites for hydroxylation is 1. The lowest BCUT2D eigenvalue weighted by Gasteiger charge is -2.38. The average Bonchev–Trinajstić information content (AvgIpc) is 2.86. The van der Waals surface area contributed by atoms with Crippen LogP contribution in [0.4, 0.5) is 8.78 Å². The molecule has 192 valence electrons. The summed E-state index contributed by atoms with van der Waals surface area (Å²) < 4.78 is 33.4. The van der Waals surface area contributed by atoms with Gasteiger partial charge in [-0.3, -0.25) is 9.78 Å². The Balaban J connectivity index is 1.33. The van der Waals surface area contributed by atoms with Crippen LogP contribution in [0.5, 0.6) is 5.75 Å². The van der Waals surface area contributed by atoms with E-state index in [0.29, 0.717) is 23.7 Å². The van der Waals surface area contributed by atoms with Crippen molar-refractivity contribution in [3.63, 3.8) is 0 Å². The maximum atomic E-state index is 14.7. The predicted molar refractivity (Wildman–Crippen MR) is 139 cm³/mol. The van der Waals surface area contributed by atoms with Crippen LogP contribution in [0, 0.1) is 23.5 Å². The minimum absolute atomic E-state index is 0.0644. The normalized spacial score (nSPS) is 18.4. The number of pyridine rings is 1. The van der Waals surface area contributed by atoms with Gasteiger partial charge in [-0.2, -0.15) is 0 Å². The van der Waals surface area contributed by atoms with E-state index in [-0.39, 0.29) is 24.0 Å². The molecule has 0 spiro atoms. The largest absolute Gasteiger partial charge is 0.497 e. The zero-order valence-electron chi connectivity index (χ0n) is 20.5. The Labute approximate surface area is 214 Å². The quantitative estimate of drug-likeness (QED) is 0.314. The number of ether oxygens (including phenoxy) is 1. The number of hydrogen-bond donors (Lipinski definition) is 1. The van der Waals surface area contributed by atoms with Gasteiger partial charge in [0, 0.05) is 35.5 Å². The SMILES string of the molecule is COc1ccc2ncc(F)c(CCCC3CCN(CCSc4cccc(F)c4)CC3CC(=O)O)c2c1. The summed E-state index contributed by atoms with van der Waals surface area (Å²) in [5.74, 6) is 0.518. The number of aromatic nitrogens is 1. The van der Waals surface area contributed by atoms with Gasteiger partial charge in [0.15, 0.2) is 0 Å². The molecule has 0 saturated carbocycles. The summed E-state index contributed by atoms with van der Waals surface area (Å²) in [6.07, 6.45) is 4.55. The highest BCUT2D eigenvalue weighted by Gasteiger charge is 2.30. The van der Waals surface area contributed by atoms with Crippen LogP contribution >= 0.6 is 11.8 Å². The van der Waals surface area contributed by atoms with E-state index in [1.165, 1.54) is 18.3 Å². The second-order valence-electron chi connectivity index (χ2n) is 9.37. The van der Waals surface area contributed by atoms with E-state index in [9.17, 15) is 18.7 Å². The number of carboxylic acid groups (broad SMARTS) is 1. The smallest absolute Gasteiger partial charge is 0.303 e. The Hall–Kier alpha value is -2.71. The van der Waals surface area contributed by atoms with Crippen molar-refractivity contribution in [3.05, 3.63) is 65.9 Å². The zero-order chi connectivity index (χ0) is 25.5. The first-order valence-corrected chi connectivity index (χ1v) is 13.3. The molecule has 1 saturated heterocycles. The number of piperidine rings is 1. The number of hydrogen-bond acceptors (Lipinski definition) is 5. The van der Waals surface area contributed by atoms with Gasteiger partial charge in [0.1, 0.15) is 17.4 Å². The molecular formula is C28H32F2N2O3S. The summed E-state index contributed by atoms with van der Waals surface area (Å²) in [5, 5.41) is 10.3. The standard InChI is InChI=1S/C28H32F2N2O3S/c1-35-22-8-9-27-25(16-22)24(26(30)17-31-27)7-2-4-19-10-11-32(18-20(19)14-28(33)34)12-13-36-23-6-3-5-21(29)15-23/h3,5-6,8-9,15-17,19-20H,2,4,7,10-14,18H2,1H3,(H,33,34). The second-order valence-corrected chi connectivity index (χ2v) is 10.5. The number of benzene rings is 2. The number of likely N-dealkylation sites (tertiary alicyclic amines) is 1. The summed E-state index contributed by atoms with van der Waals surface area (Å²) in [6, 6.07) is 12.1. The summed E-state index contributed by atoms with van der Waals surface area (Å²) >= 11 is 1.61. The molecule has 2 aromatic carbocycles. The Bertz CT molecular complexity index is 1190. The molecule has 36 heavy (non-hydrogen) atoms. The third-order valence-corrected chi connectivity index (χ3v) is 7.99. The minimum atomic E-state index is -0.778. The molecule has 5 nitrogen and oxygen atoms in total. The molecule has 2 atom stereocenters. The summed E-state index contributed by atoms with van der Waals surface area (Å²) in [4.78, 5) is 19.0. The lowest BCUT2D eigenvalue weighted by molar-refractivity contribution is -0.139. The van der Waals surface area contributed by atoms with Gasteiger partial charge in [0.05, 0.1) is 18.8 Å². The Morgan fingerprint density at radius 1 is 1.22 bits per heavy atom. The number of aliphatic carboxylic acids is 1. The maximum absolute atomic E-state index is 14.7. The van der Waals surface area contributed by atoms with Crippen LogP contribution in [0.1, 0.15) is 31.2 Å². The fourth-order valence-corrected chi connectivity index (χ4v) is 6.12. The second kappa shape index (κ2) is 12.5. The van der Waals surface area contributed by atoms with Crippen molar-refractivity contribution in [1.82, 2.24) is 9.88 Å². The van der Waals surface area contributed by atoms with E-state index in [1.54, 1.807) is 24.9 Å². The first-order chi connectivity index (χ1) is 17.4. The van der Waals surface area contributed by atoms with E-state index < -0.39 is 5.97 Å². The van der Waals surface area contributed by atoms with Gasteiger partial charge in [-0.15, -0.1) is 11.8 Å². The van der Waals surface area contributed by atoms with Crippen LogP contribution < -0.4 is 4.74 Å². The molecule has 0 bridgehead atoms. The van der Waals surface area contributed by atoms with Crippen molar-refractivity contribution >= 4 is 28.6 Å². The van der Waals surface area contributed by atoms with Crippen molar-refractivity contribution < 1.29 is 23.4 Å². The van der Waals surface area contributed by atoms with Gasteiger partial charge in [-0.1, -0.05) is 6.07 Å². The number of rotatable bonds is 11. The molecule has 2 heterocycles. The van der Waals surface area contributed by atoms with Gasteiger partial charge >= 0.3 is 5.97 Å². The van der Waals surface area contributed by atoms with Gasteiger partial charge in [-0.05, 0) is 86.0 Å². The van der Waals surface area contributed by atoms with Crippen LogP contribution in [-0.2, 0) is 11.2 Å². The molecule has 1 aliphatic heterocycles. The first-order valence-electron chi connectivity index (χ1n) is 12.4. The molecule has 8 heteroatoms. The van der Waals surface area contributed by atoms with Crippen molar-refractivity contribution in [2.24, 2.45) is 11.8 Å². The molecule has 1 fully saturated rings. The number of carbonyl (C=O) groups is 1. The number of methoxy groups -OCH3 is 1. The zero-order valence-corrected chi connectivity index (χ0v) is 21.3. The minimum Gasteiger partial charge on any atom is -0.497 e. The molecule has 4 rings (SSSR count). The van der Waals surface area contributed by atoms with Crippen molar-refractivity contribution in [1.29, 1.82) is 0 Å². The van der Waals surface area contributed by atoms with Crippen LogP contribution in [0.2, 0.25) is 0 Å². The molecule has 0 aliphatic carbocycles.